The highest BCUT2D eigenvalue weighted by Crippen LogP contribution is 2.54. The zero-order valence-electron chi connectivity index (χ0n) is 45.6. The molecule has 7 heterocycles. The predicted molar refractivity (Wildman–Crippen MR) is 330 cm³/mol. The van der Waals surface area contributed by atoms with E-state index >= 15 is 0 Å². The molecule has 0 amide bonds. The normalized spacial score (nSPS) is 13.0. The minimum Gasteiger partial charge on any atom is -0.457 e. The predicted octanol–water partition coefficient (Wildman–Crippen LogP) is 18.7. The highest BCUT2D eigenvalue weighted by molar-refractivity contribution is 6.23. The van der Waals surface area contributed by atoms with Gasteiger partial charge in [-0.3, -0.25) is 14.5 Å². The SMILES string of the molecule is CC(C)(C)c1ccnc(-n2c3cc(Oc4cccc(N5CN(c6c(-c7ccncc7)cc(C(C)(C)C)cc6-c6ccncc6)c6ccccc65)c4)ccc3c3c4c(ccc32)-n2c3ccccc3c3cccc(c32)-c2ccccc2-4)c1. The van der Waals surface area contributed by atoms with Crippen LogP contribution in [0.3, 0.4) is 0 Å². The summed E-state index contributed by atoms with van der Waals surface area (Å²) in [5.74, 6) is 2.33. The molecule has 80 heavy (non-hydrogen) atoms. The summed E-state index contributed by atoms with van der Waals surface area (Å²) in [5.41, 5.74) is 21.7. The van der Waals surface area contributed by atoms with Crippen molar-refractivity contribution in [2.24, 2.45) is 0 Å². The maximum absolute atomic E-state index is 7.07. The molecule has 8 aromatic carbocycles. The van der Waals surface area contributed by atoms with Crippen molar-refractivity contribution in [3.8, 4) is 67.5 Å². The van der Waals surface area contributed by atoms with Gasteiger partial charge in [0.05, 0.1) is 44.8 Å². The Kier molecular flexibility index (Phi) is 10.6. The number of rotatable bonds is 7. The first-order chi connectivity index (χ1) is 39.0. The van der Waals surface area contributed by atoms with Crippen molar-refractivity contribution < 1.29 is 4.74 Å². The number of hydrogen-bond donors (Lipinski definition) is 0. The smallest absolute Gasteiger partial charge is 0.137 e. The summed E-state index contributed by atoms with van der Waals surface area (Å²) in [6, 6.07) is 70.6. The van der Waals surface area contributed by atoms with Crippen molar-refractivity contribution in [2.75, 3.05) is 16.5 Å². The highest BCUT2D eigenvalue weighted by Gasteiger charge is 2.34. The number of benzene rings is 8. The molecule has 0 radical (unpaired) electrons. The van der Waals surface area contributed by atoms with Crippen LogP contribution in [0.5, 0.6) is 11.5 Å². The minimum atomic E-state index is -0.100. The van der Waals surface area contributed by atoms with Crippen LogP contribution in [0.2, 0.25) is 0 Å². The molecule has 0 fully saturated rings. The average Bonchev–Trinajstić information content (AvgIpc) is 3.22. The van der Waals surface area contributed by atoms with E-state index in [1.54, 1.807) is 0 Å². The molecule has 0 N–H and O–H groups in total. The lowest BCUT2D eigenvalue weighted by molar-refractivity contribution is 0.483. The van der Waals surface area contributed by atoms with Crippen molar-refractivity contribution in [1.29, 1.82) is 0 Å². The quantitative estimate of drug-likeness (QED) is 0.158. The van der Waals surface area contributed by atoms with Gasteiger partial charge in [0.25, 0.3) is 0 Å². The third kappa shape index (κ3) is 7.46. The standard InChI is InChI=1S/C72H57N7O/c1-71(2,3)47-33-38-75-66(41-47)78-63-27-28-64-67(54-19-8-7-17-52(54)55-20-14-21-56-53-18-9-10-22-60(53)79(64)70(55)56)68(63)57-26-25-51(43-65(57)78)80-50-16-13-15-49(42-50)76-44-77(62-24-12-11-23-61(62)76)69-58(45-29-34-73-35-30-45)39-48(72(4,5)6)40-59(69)46-31-36-74-37-32-46/h7-43H,44H2,1-6H3. The second-order valence-electron chi connectivity index (χ2n) is 23.3. The lowest BCUT2D eigenvalue weighted by Crippen LogP contribution is -2.25. The van der Waals surface area contributed by atoms with E-state index in [2.05, 4.69) is 265 Å². The monoisotopic (exact) mass is 1040 g/mol. The second-order valence-corrected chi connectivity index (χ2v) is 23.3. The topological polar surface area (TPSA) is 64.2 Å². The molecular weight excluding hydrogens is 979 g/mol. The summed E-state index contributed by atoms with van der Waals surface area (Å²) >= 11 is 0. The molecule has 8 nitrogen and oxygen atoms in total. The summed E-state index contributed by atoms with van der Waals surface area (Å²) in [4.78, 5) is 18.9. The van der Waals surface area contributed by atoms with Crippen LogP contribution in [-0.4, -0.2) is 30.8 Å². The zero-order chi connectivity index (χ0) is 54.0. The van der Waals surface area contributed by atoms with Gasteiger partial charge in [-0.15, -0.1) is 0 Å². The van der Waals surface area contributed by atoms with E-state index in [0.717, 1.165) is 84.4 Å². The Morgan fingerprint density at radius 3 is 1.79 bits per heavy atom. The van der Waals surface area contributed by atoms with Gasteiger partial charge in [-0.1, -0.05) is 120 Å². The van der Waals surface area contributed by atoms with Crippen LogP contribution in [0.4, 0.5) is 22.7 Å². The first-order valence-electron chi connectivity index (χ1n) is 27.6. The van der Waals surface area contributed by atoms with Crippen LogP contribution < -0.4 is 14.5 Å². The summed E-state index contributed by atoms with van der Waals surface area (Å²) in [7, 11) is 0. The molecule has 2 aliphatic heterocycles. The van der Waals surface area contributed by atoms with Crippen molar-refractivity contribution in [3.05, 3.63) is 236 Å². The third-order valence-corrected chi connectivity index (χ3v) is 16.5. The van der Waals surface area contributed by atoms with Crippen LogP contribution in [0.25, 0.3) is 99.6 Å². The number of nitrogens with zero attached hydrogens (tertiary/aromatic N) is 7. The molecule has 5 aromatic heterocycles. The summed E-state index contributed by atoms with van der Waals surface area (Å²) in [6.45, 7) is 14.2. The molecule has 8 heteroatoms. The Morgan fingerprint density at radius 1 is 0.412 bits per heavy atom. The van der Waals surface area contributed by atoms with Crippen molar-refractivity contribution in [1.82, 2.24) is 24.1 Å². The number of aromatic nitrogens is 5. The third-order valence-electron chi connectivity index (χ3n) is 16.5. The molecule has 13 aromatic rings. The van der Waals surface area contributed by atoms with Crippen molar-refractivity contribution >= 4 is 66.4 Å². The first kappa shape index (κ1) is 47.4. The van der Waals surface area contributed by atoms with E-state index in [0.29, 0.717) is 6.67 Å². The number of pyridine rings is 3. The van der Waals surface area contributed by atoms with Gasteiger partial charge in [-0.25, -0.2) is 4.98 Å². The Labute approximate surface area is 465 Å². The van der Waals surface area contributed by atoms with Crippen LogP contribution in [0.15, 0.2) is 225 Å². The highest BCUT2D eigenvalue weighted by atomic mass is 16.5. The van der Waals surface area contributed by atoms with Crippen molar-refractivity contribution in [2.45, 2.75) is 52.4 Å². The van der Waals surface area contributed by atoms with E-state index in [1.807, 2.05) is 31.0 Å². The molecule has 0 atom stereocenters. The van der Waals surface area contributed by atoms with Gasteiger partial charge in [0.2, 0.25) is 0 Å². The van der Waals surface area contributed by atoms with E-state index in [9.17, 15) is 0 Å². The van der Waals surface area contributed by atoms with Gasteiger partial charge in [0, 0.05) is 92.6 Å². The summed E-state index contributed by atoms with van der Waals surface area (Å²) in [5, 5.41) is 4.79. The minimum absolute atomic E-state index is 0.0913. The van der Waals surface area contributed by atoms with E-state index in [-0.39, 0.29) is 10.8 Å². The number of fused-ring (bicyclic) bond motifs is 13. The van der Waals surface area contributed by atoms with Gasteiger partial charge >= 0.3 is 0 Å². The van der Waals surface area contributed by atoms with Gasteiger partial charge in [-0.05, 0) is 147 Å². The Hall–Kier alpha value is -9.79. The number of anilines is 4. The Balaban J connectivity index is 0.878. The summed E-state index contributed by atoms with van der Waals surface area (Å²) in [6.07, 6.45) is 9.50. The fourth-order valence-electron chi connectivity index (χ4n) is 12.6. The number of ether oxygens (including phenoxy) is 1. The lowest BCUT2D eigenvalue weighted by atomic mass is 9.82. The van der Waals surface area contributed by atoms with Crippen LogP contribution >= 0.6 is 0 Å². The number of hydrogen-bond acceptors (Lipinski definition) is 6. The fraction of sp³-hybridized carbons (Fsp3) is 0.125. The van der Waals surface area contributed by atoms with Crippen molar-refractivity contribution in [3.63, 3.8) is 0 Å². The molecule has 386 valence electrons. The largest absolute Gasteiger partial charge is 0.457 e. The van der Waals surface area contributed by atoms with Gasteiger partial charge < -0.3 is 19.1 Å². The molecule has 0 saturated carbocycles. The van der Waals surface area contributed by atoms with Gasteiger partial charge in [-0.2, -0.15) is 0 Å². The van der Waals surface area contributed by atoms with Gasteiger partial charge in [0.1, 0.15) is 24.0 Å². The van der Waals surface area contributed by atoms with Gasteiger partial charge in [0.15, 0.2) is 0 Å². The lowest BCUT2D eigenvalue weighted by Gasteiger charge is -2.30. The second kappa shape index (κ2) is 17.9. The fourth-order valence-corrected chi connectivity index (χ4v) is 12.6. The Morgan fingerprint density at radius 2 is 1.05 bits per heavy atom. The molecule has 0 saturated heterocycles. The maximum atomic E-state index is 7.07. The molecule has 0 aliphatic carbocycles. The molecule has 2 aliphatic rings. The zero-order valence-corrected chi connectivity index (χ0v) is 45.6. The first-order valence-corrected chi connectivity index (χ1v) is 27.6. The molecule has 0 spiro atoms. The van der Waals surface area contributed by atoms with Crippen LogP contribution in [0.1, 0.15) is 52.7 Å². The Bertz CT molecular complexity index is 4580. The molecule has 0 unspecified atom stereocenters. The summed E-state index contributed by atoms with van der Waals surface area (Å²) < 4.78 is 11.9. The molecule has 0 bridgehead atoms. The average molecular weight is 1040 g/mol. The van der Waals surface area contributed by atoms with E-state index in [1.165, 1.54) is 60.6 Å². The molecular formula is C72H57N7O. The molecule has 15 rings (SSSR count). The van der Waals surface area contributed by atoms with E-state index < -0.39 is 0 Å². The van der Waals surface area contributed by atoms with E-state index in [4.69, 9.17) is 9.72 Å². The number of para-hydroxylation sites is 4. The van der Waals surface area contributed by atoms with Crippen LogP contribution in [0, 0.1) is 0 Å². The van der Waals surface area contributed by atoms with Crippen LogP contribution in [-0.2, 0) is 10.8 Å². The maximum Gasteiger partial charge on any atom is 0.137 e.